The van der Waals surface area contributed by atoms with Crippen LogP contribution in [-0.4, -0.2) is 22.9 Å². The number of imide groups is 1. The van der Waals surface area contributed by atoms with Crippen molar-refractivity contribution in [2.24, 2.45) is 0 Å². The van der Waals surface area contributed by atoms with Gasteiger partial charge in [-0.25, -0.2) is 9.69 Å². The maximum absolute atomic E-state index is 12.7. The van der Waals surface area contributed by atoms with Gasteiger partial charge in [0.05, 0.1) is 22.4 Å². The third-order valence-corrected chi connectivity index (χ3v) is 4.16. The van der Waals surface area contributed by atoms with Crippen LogP contribution in [0.3, 0.4) is 0 Å². The Morgan fingerprint density at radius 2 is 1.56 bits per heavy atom. The predicted molar refractivity (Wildman–Crippen MR) is 97.1 cm³/mol. The minimum Gasteiger partial charge on any atom is -0.508 e. The van der Waals surface area contributed by atoms with Gasteiger partial charge in [-0.15, -0.1) is 0 Å². The van der Waals surface area contributed by atoms with E-state index < -0.39 is 17.8 Å². The number of ether oxygens (including phenoxy) is 1. The summed E-state index contributed by atoms with van der Waals surface area (Å²) in [5.41, 5.74) is 0.733. The summed E-state index contributed by atoms with van der Waals surface area (Å²) in [6.45, 7) is 0. The van der Waals surface area contributed by atoms with Gasteiger partial charge in [0.25, 0.3) is 11.8 Å². The van der Waals surface area contributed by atoms with Gasteiger partial charge in [-0.2, -0.15) is 0 Å². The molecule has 132 valence electrons. The van der Waals surface area contributed by atoms with E-state index in [1.54, 1.807) is 36.4 Å². The monoisotopic (exact) mass is 359 g/mol. The van der Waals surface area contributed by atoms with Gasteiger partial charge in [-0.3, -0.25) is 9.59 Å². The fourth-order valence-corrected chi connectivity index (χ4v) is 2.89. The highest BCUT2D eigenvalue weighted by molar-refractivity contribution is 6.34. The van der Waals surface area contributed by atoms with Crippen LogP contribution < -0.4 is 9.64 Å². The van der Waals surface area contributed by atoms with Crippen molar-refractivity contribution in [3.63, 3.8) is 0 Å². The molecule has 27 heavy (non-hydrogen) atoms. The van der Waals surface area contributed by atoms with Crippen molar-refractivity contribution in [3.05, 3.63) is 89.5 Å². The molecular formula is C21H13NO5. The quantitative estimate of drug-likeness (QED) is 0.440. The van der Waals surface area contributed by atoms with Crippen molar-refractivity contribution in [2.45, 2.75) is 0 Å². The van der Waals surface area contributed by atoms with Crippen molar-refractivity contribution in [3.8, 4) is 11.5 Å². The van der Waals surface area contributed by atoms with Crippen molar-refractivity contribution in [1.82, 2.24) is 0 Å². The van der Waals surface area contributed by atoms with Gasteiger partial charge < -0.3 is 9.84 Å². The standard InChI is InChI=1S/C21H13NO5/c23-15-6-4-5-14(12-15)22-19(24)17-10-9-13(11-18(17)20(22)25)21(26)27-16-7-2-1-3-8-16/h1-12,23H. The van der Waals surface area contributed by atoms with Gasteiger partial charge >= 0.3 is 5.97 Å². The van der Waals surface area contributed by atoms with Gasteiger partial charge in [0.2, 0.25) is 0 Å². The van der Waals surface area contributed by atoms with Crippen LogP contribution >= 0.6 is 0 Å². The third-order valence-electron chi connectivity index (χ3n) is 4.16. The summed E-state index contributed by atoms with van der Waals surface area (Å²) < 4.78 is 5.27. The van der Waals surface area contributed by atoms with Crippen LogP contribution in [-0.2, 0) is 0 Å². The number of hydrogen-bond donors (Lipinski definition) is 1. The maximum atomic E-state index is 12.7. The fraction of sp³-hybridized carbons (Fsp3) is 0. The topological polar surface area (TPSA) is 83.9 Å². The Morgan fingerprint density at radius 3 is 2.30 bits per heavy atom. The van der Waals surface area contributed by atoms with Crippen LogP contribution in [0.1, 0.15) is 31.1 Å². The molecule has 6 nitrogen and oxygen atoms in total. The Kier molecular flexibility index (Phi) is 3.93. The Labute approximate surface area is 154 Å². The first-order valence-electron chi connectivity index (χ1n) is 8.14. The number of amides is 2. The summed E-state index contributed by atoms with van der Waals surface area (Å²) in [6, 6.07) is 18.6. The van der Waals surface area contributed by atoms with E-state index in [9.17, 15) is 19.5 Å². The van der Waals surface area contributed by atoms with E-state index in [4.69, 9.17) is 4.74 Å². The zero-order valence-electron chi connectivity index (χ0n) is 14.0. The van der Waals surface area contributed by atoms with Gasteiger partial charge in [0.15, 0.2) is 0 Å². The molecule has 3 aromatic rings. The van der Waals surface area contributed by atoms with Crippen LogP contribution in [0.15, 0.2) is 72.8 Å². The number of rotatable bonds is 3. The second-order valence-corrected chi connectivity index (χ2v) is 5.93. The number of carbonyl (C=O) groups excluding carboxylic acids is 3. The number of para-hydroxylation sites is 1. The largest absolute Gasteiger partial charge is 0.508 e. The van der Waals surface area contributed by atoms with E-state index >= 15 is 0 Å². The van der Waals surface area contributed by atoms with Gasteiger partial charge in [-0.05, 0) is 42.5 Å². The average molecular weight is 359 g/mol. The Balaban J connectivity index is 1.65. The molecule has 0 saturated carbocycles. The molecule has 6 heteroatoms. The van der Waals surface area contributed by atoms with E-state index in [1.807, 2.05) is 0 Å². The number of benzene rings is 3. The summed E-state index contributed by atoms with van der Waals surface area (Å²) in [5, 5.41) is 9.61. The predicted octanol–water partition coefficient (Wildman–Crippen LogP) is 3.41. The average Bonchev–Trinajstić information content (AvgIpc) is 2.92. The van der Waals surface area contributed by atoms with E-state index in [0.29, 0.717) is 5.75 Å². The number of anilines is 1. The summed E-state index contributed by atoms with van der Waals surface area (Å²) in [4.78, 5) is 38.6. The lowest BCUT2D eigenvalue weighted by atomic mass is 10.1. The van der Waals surface area contributed by atoms with Crippen LogP contribution in [0.5, 0.6) is 11.5 Å². The Hall–Kier alpha value is -3.93. The highest BCUT2D eigenvalue weighted by Crippen LogP contribution is 2.30. The fourth-order valence-electron chi connectivity index (χ4n) is 2.89. The number of phenols is 1. The minimum atomic E-state index is -0.625. The van der Waals surface area contributed by atoms with Crippen LogP contribution in [0, 0.1) is 0 Å². The molecule has 0 unspecified atom stereocenters. The maximum Gasteiger partial charge on any atom is 0.343 e. The number of phenolic OH excluding ortho intramolecular Hbond substituents is 1. The molecule has 2 amide bonds. The van der Waals surface area contributed by atoms with Crippen molar-refractivity contribution in [2.75, 3.05) is 4.90 Å². The molecule has 1 heterocycles. The molecule has 1 N–H and O–H groups in total. The minimum absolute atomic E-state index is 0.0591. The van der Waals surface area contributed by atoms with E-state index in [-0.39, 0.29) is 28.1 Å². The summed E-state index contributed by atoms with van der Waals surface area (Å²) in [5.74, 6) is -1.37. The van der Waals surface area contributed by atoms with Crippen LogP contribution in [0.25, 0.3) is 0 Å². The highest BCUT2D eigenvalue weighted by Gasteiger charge is 2.37. The molecule has 1 aliphatic rings. The molecule has 0 aromatic heterocycles. The first kappa shape index (κ1) is 16.5. The molecule has 3 aromatic carbocycles. The van der Waals surface area contributed by atoms with Gasteiger partial charge in [0, 0.05) is 6.07 Å². The number of carbonyl (C=O) groups is 3. The smallest absolute Gasteiger partial charge is 0.343 e. The van der Waals surface area contributed by atoms with E-state index in [2.05, 4.69) is 0 Å². The third kappa shape index (κ3) is 2.93. The highest BCUT2D eigenvalue weighted by atomic mass is 16.5. The van der Waals surface area contributed by atoms with Crippen LogP contribution in [0.4, 0.5) is 5.69 Å². The molecule has 0 fully saturated rings. The van der Waals surface area contributed by atoms with Crippen molar-refractivity contribution < 1.29 is 24.2 Å². The first-order chi connectivity index (χ1) is 13.0. The molecule has 1 aliphatic heterocycles. The molecule has 4 rings (SSSR count). The second-order valence-electron chi connectivity index (χ2n) is 5.93. The summed E-state index contributed by atoms with van der Waals surface area (Å²) in [6.07, 6.45) is 0. The van der Waals surface area contributed by atoms with Gasteiger partial charge in [0.1, 0.15) is 11.5 Å². The van der Waals surface area contributed by atoms with Gasteiger partial charge in [-0.1, -0.05) is 24.3 Å². The van der Waals surface area contributed by atoms with Crippen molar-refractivity contribution in [1.29, 1.82) is 0 Å². The molecule has 0 saturated heterocycles. The SMILES string of the molecule is O=C(Oc1ccccc1)c1ccc2c(c1)C(=O)N(c1cccc(O)c1)C2=O. The Bertz CT molecular complexity index is 1070. The molecule has 0 atom stereocenters. The summed E-state index contributed by atoms with van der Waals surface area (Å²) in [7, 11) is 0. The molecule has 0 bridgehead atoms. The number of aromatic hydroxyl groups is 1. The molecular weight excluding hydrogens is 346 g/mol. The number of fused-ring (bicyclic) bond motifs is 1. The zero-order chi connectivity index (χ0) is 19.0. The molecule has 0 radical (unpaired) electrons. The van der Waals surface area contributed by atoms with Crippen LogP contribution in [0.2, 0.25) is 0 Å². The lowest BCUT2D eigenvalue weighted by Gasteiger charge is -2.13. The first-order valence-corrected chi connectivity index (χ1v) is 8.14. The molecule has 0 aliphatic carbocycles. The lowest BCUT2D eigenvalue weighted by molar-refractivity contribution is 0.0734. The van der Waals surface area contributed by atoms with E-state index in [0.717, 1.165) is 4.90 Å². The number of esters is 1. The lowest BCUT2D eigenvalue weighted by Crippen LogP contribution is -2.29. The molecule has 0 spiro atoms. The normalized spacial score (nSPS) is 12.8. The second kappa shape index (κ2) is 6.42. The number of hydrogen-bond acceptors (Lipinski definition) is 5. The summed E-state index contributed by atoms with van der Waals surface area (Å²) >= 11 is 0. The van der Waals surface area contributed by atoms with Crippen molar-refractivity contribution >= 4 is 23.5 Å². The van der Waals surface area contributed by atoms with E-state index in [1.165, 1.54) is 36.4 Å². The Morgan fingerprint density at radius 1 is 0.815 bits per heavy atom. The number of nitrogens with zero attached hydrogens (tertiary/aromatic N) is 1. The zero-order valence-corrected chi connectivity index (χ0v) is 14.0.